The molecular formula is C13H20N4O4. The monoisotopic (exact) mass is 296 g/mol. The first-order valence-corrected chi connectivity index (χ1v) is 7.09. The maximum atomic E-state index is 11.9. The second-order valence-corrected chi connectivity index (χ2v) is 5.41. The molecule has 8 heteroatoms. The lowest BCUT2D eigenvalue weighted by atomic mass is 9.85. The van der Waals surface area contributed by atoms with Gasteiger partial charge in [0.25, 0.3) is 5.91 Å². The van der Waals surface area contributed by atoms with E-state index < -0.39 is 0 Å². The number of carbonyl (C=O) groups excluding carboxylic acids is 2. The first-order valence-electron chi connectivity index (χ1n) is 7.09. The van der Waals surface area contributed by atoms with Crippen molar-refractivity contribution < 1.29 is 19.3 Å². The second kappa shape index (κ2) is 7.16. The molecule has 1 aromatic heterocycles. The van der Waals surface area contributed by atoms with Gasteiger partial charge < -0.3 is 15.7 Å². The van der Waals surface area contributed by atoms with E-state index in [0.717, 1.165) is 12.8 Å². The molecule has 0 aliphatic heterocycles. The van der Waals surface area contributed by atoms with E-state index in [2.05, 4.69) is 25.6 Å². The SMILES string of the molecule is CC(CO)NC(=O)C1CCC(NC(=O)c2cnon2)CC1. The van der Waals surface area contributed by atoms with Gasteiger partial charge in [0.15, 0.2) is 5.69 Å². The van der Waals surface area contributed by atoms with E-state index in [9.17, 15) is 9.59 Å². The molecule has 1 fully saturated rings. The summed E-state index contributed by atoms with van der Waals surface area (Å²) in [5.41, 5.74) is 0.159. The third-order valence-corrected chi connectivity index (χ3v) is 3.69. The number of aromatic nitrogens is 2. The summed E-state index contributed by atoms with van der Waals surface area (Å²) in [5.74, 6) is -0.388. The molecule has 2 rings (SSSR count). The van der Waals surface area contributed by atoms with Gasteiger partial charge in [-0.05, 0) is 37.8 Å². The molecule has 1 atom stereocenters. The predicted octanol–water partition coefficient (Wildman–Crippen LogP) is -0.145. The number of aliphatic hydroxyl groups is 1. The highest BCUT2D eigenvalue weighted by molar-refractivity contribution is 5.91. The van der Waals surface area contributed by atoms with Crippen LogP contribution in [0.3, 0.4) is 0 Å². The van der Waals surface area contributed by atoms with Crippen LogP contribution in [-0.4, -0.2) is 45.9 Å². The topological polar surface area (TPSA) is 117 Å². The number of amides is 2. The summed E-state index contributed by atoms with van der Waals surface area (Å²) >= 11 is 0. The summed E-state index contributed by atoms with van der Waals surface area (Å²) in [6.45, 7) is 1.69. The van der Waals surface area contributed by atoms with E-state index in [1.807, 2.05) is 0 Å². The molecule has 0 bridgehead atoms. The molecule has 0 saturated heterocycles. The Kier molecular flexibility index (Phi) is 5.26. The summed E-state index contributed by atoms with van der Waals surface area (Å²) in [6.07, 6.45) is 4.17. The van der Waals surface area contributed by atoms with Crippen molar-refractivity contribution in [3.05, 3.63) is 11.9 Å². The smallest absolute Gasteiger partial charge is 0.275 e. The van der Waals surface area contributed by atoms with Crippen LogP contribution in [0.4, 0.5) is 0 Å². The average molecular weight is 296 g/mol. The maximum Gasteiger partial charge on any atom is 0.275 e. The van der Waals surface area contributed by atoms with Gasteiger partial charge in [-0.2, -0.15) is 0 Å². The van der Waals surface area contributed by atoms with Crippen LogP contribution in [-0.2, 0) is 4.79 Å². The number of carbonyl (C=O) groups is 2. The third kappa shape index (κ3) is 4.25. The number of nitrogens with one attached hydrogen (secondary N) is 2. The van der Waals surface area contributed by atoms with E-state index >= 15 is 0 Å². The Balaban J connectivity index is 1.75. The Bertz CT molecular complexity index is 469. The van der Waals surface area contributed by atoms with Crippen LogP contribution < -0.4 is 10.6 Å². The minimum absolute atomic E-state index is 0.0259. The lowest BCUT2D eigenvalue weighted by Gasteiger charge is -2.28. The van der Waals surface area contributed by atoms with Crippen molar-refractivity contribution in [3.63, 3.8) is 0 Å². The van der Waals surface area contributed by atoms with E-state index in [-0.39, 0.29) is 42.1 Å². The van der Waals surface area contributed by atoms with Gasteiger partial charge >= 0.3 is 0 Å². The average Bonchev–Trinajstić information content (AvgIpc) is 3.02. The van der Waals surface area contributed by atoms with Gasteiger partial charge in [-0.3, -0.25) is 9.59 Å². The summed E-state index contributed by atoms with van der Waals surface area (Å²) in [6, 6.07) is -0.192. The number of hydrogen-bond donors (Lipinski definition) is 3. The second-order valence-electron chi connectivity index (χ2n) is 5.41. The van der Waals surface area contributed by atoms with Gasteiger partial charge in [0.1, 0.15) is 6.20 Å². The van der Waals surface area contributed by atoms with E-state index in [0.29, 0.717) is 12.8 Å². The molecule has 8 nitrogen and oxygen atoms in total. The fourth-order valence-corrected chi connectivity index (χ4v) is 2.43. The van der Waals surface area contributed by atoms with Crippen LogP contribution in [0.2, 0.25) is 0 Å². The zero-order valence-corrected chi connectivity index (χ0v) is 11.9. The van der Waals surface area contributed by atoms with Crippen LogP contribution in [0.5, 0.6) is 0 Å². The van der Waals surface area contributed by atoms with Gasteiger partial charge in [-0.25, -0.2) is 4.63 Å². The highest BCUT2D eigenvalue weighted by Crippen LogP contribution is 2.24. The lowest BCUT2D eigenvalue weighted by molar-refractivity contribution is -0.126. The van der Waals surface area contributed by atoms with Crippen molar-refractivity contribution in [2.45, 2.75) is 44.7 Å². The molecule has 0 aromatic carbocycles. The Morgan fingerprint density at radius 2 is 2.14 bits per heavy atom. The fourth-order valence-electron chi connectivity index (χ4n) is 2.43. The van der Waals surface area contributed by atoms with E-state index in [1.165, 1.54) is 6.20 Å². The molecular weight excluding hydrogens is 276 g/mol. The molecule has 116 valence electrons. The maximum absolute atomic E-state index is 11.9. The van der Waals surface area contributed by atoms with Crippen molar-refractivity contribution in [3.8, 4) is 0 Å². The van der Waals surface area contributed by atoms with Gasteiger partial charge in [-0.15, -0.1) is 0 Å². The molecule has 3 N–H and O–H groups in total. The molecule has 1 unspecified atom stereocenters. The van der Waals surface area contributed by atoms with Gasteiger partial charge in [0.05, 0.1) is 6.61 Å². The fraction of sp³-hybridized carbons (Fsp3) is 0.692. The quantitative estimate of drug-likeness (QED) is 0.696. The van der Waals surface area contributed by atoms with Crippen molar-refractivity contribution in [1.82, 2.24) is 20.9 Å². The van der Waals surface area contributed by atoms with Crippen molar-refractivity contribution in [2.24, 2.45) is 5.92 Å². The molecule has 1 aromatic rings. The highest BCUT2D eigenvalue weighted by atomic mass is 16.6. The summed E-state index contributed by atoms with van der Waals surface area (Å²) < 4.78 is 4.39. The van der Waals surface area contributed by atoms with Crippen LogP contribution in [0.15, 0.2) is 10.8 Å². The number of nitrogens with zero attached hydrogens (tertiary/aromatic N) is 2. The van der Waals surface area contributed by atoms with Crippen LogP contribution in [0.1, 0.15) is 43.1 Å². The van der Waals surface area contributed by atoms with Crippen molar-refractivity contribution in [1.29, 1.82) is 0 Å². The normalized spacial score (nSPS) is 23.3. The Morgan fingerprint density at radius 1 is 1.43 bits per heavy atom. The molecule has 0 radical (unpaired) electrons. The molecule has 1 aliphatic carbocycles. The molecule has 1 heterocycles. The largest absolute Gasteiger partial charge is 0.394 e. The summed E-state index contributed by atoms with van der Waals surface area (Å²) in [5, 5.41) is 21.4. The van der Waals surface area contributed by atoms with Crippen LogP contribution in [0.25, 0.3) is 0 Å². The van der Waals surface area contributed by atoms with Gasteiger partial charge in [0.2, 0.25) is 5.91 Å². The van der Waals surface area contributed by atoms with E-state index in [1.54, 1.807) is 6.92 Å². The Hall–Kier alpha value is -1.96. The molecule has 21 heavy (non-hydrogen) atoms. The first-order chi connectivity index (χ1) is 10.1. The predicted molar refractivity (Wildman–Crippen MR) is 72.2 cm³/mol. The van der Waals surface area contributed by atoms with Gasteiger partial charge in [-0.1, -0.05) is 5.16 Å². The molecule has 0 spiro atoms. The van der Waals surface area contributed by atoms with Crippen LogP contribution in [0, 0.1) is 5.92 Å². The summed E-state index contributed by atoms with van der Waals surface area (Å²) in [7, 11) is 0. The zero-order valence-electron chi connectivity index (χ0n) is 11.9. The minimum atomic E-state index is -0.307. The summed E-state index contributed by atoms with van der Waals surface area (Å²) in [4.78, 5) is 23.7. The minimum Gasteiger partial charge on any atom is -0.394 e. The van der Waals surface area contributed by atoms with Crippen molar-refractivity contribution >= 4 is 11.8 Å². The Morgan fingerprint density at radius 3 is 2.71 bits per heavy atom. The van der Waals surface area contributed by atoms with Crippen LogP contribution >= 0.6 is 0 Å². The molecule has 1 aliphatic rings. The number of hydrogen-bond acceptors (Lipinski definition) is 6. The van der Waals surface area contributed by atoms with Crippen molar-refractivity contribution in [2.75, 3.05) is 6.61 Å². The molecule has 1 saturated carbocycles. The standard InChI is InChI=1S/C13H20N4O4/c1-8(7-18)15-12(19)9-2-4-10(5-3-9)16-13(20)11-6-14-21-17-11/h6,8-10,18H,2-5,7H2,1H3,(H,15,19)(H,16,20). The number of aliphatic hydroxyl groups excluding tert-OH is 1. The number of rotatable bonds is 5. The zero-order chi connectivity index (χ0) is 15.2. The molecule has 2 amide bonds. The highest BCUT2D eigenvalue weighted by Gasteiger charge is 2.28. The third-order valence-electron chi connectivity index (χ3n) is 3.69. The van der Waals surface area contributed by atoms with E-state index in [4.69, 9.17) is 5.11 Å². The van der Waals surface area contributed by atoms with Gasteiger partial charge in [0, 0.05) is 18.0 Å². The Labute approximate surface area is 122 Å². The lowest BCUT2D eigenvalue weighted by Crippen LogP contribution is -2.43. The first kappa shape index (κ1) is 15.4.